The number of aromatic nitrogens is 7. The molecule has 0 saturated heterocycles. The summed E-state index contributed by atoms with van der Waals surface area (Å²) in [6.45, 7) is 2.43. The number of nitrogens with one attached hydrogen (secondary N) is 1. The van der Waals surface area contributed by atoms with Crippen molar-refractivity contribution in [1.29, 1.82) is 0 Å². The molecule has 0 saturated carbocycles. The Morgan fingerprint density at radius 1 is 0.975 bits per heavy atom. The van der Waals surface area contributed by atoms with Crippen LogP contribution in [0.1, 0.15) is 11.3 Å². The quantitative estimate of drug-likeness (QED) is 0.309. The van der Waals surface area contributed by atoms with Gasteiger partial charge in [-0.2, -0.15) is 0 Å². The van der Waals surface area contributed by atoms with Gasteiger partial charge in [-0.15, -0.1) is 0 Å². The van der Waals surface area contributed by atoms with Crippen LogP contribution in [-0.2, 0) is 16.1 Å². The van der Waals surface area contributed by atoms with Crippen LogP contribution in [0.3, 0.4) is 0 Å². The van der Waals surface area contributed by atoms with E-state index < -0.39 is 0 Å². The Kier molecular flexibility index (Phi) is 6.62. The lowest BCUT2D eigenvalue weighted by atomic mass is 10.2. The fourth-order valence-corrected chi connectivity index (χ4v) is 4.57. The minimum absolute atomic E-state index is 0.0657. The molecule has 1 aromatic carbocycles. The van der Waals surface area contributed by atoms with Crippen LogP contribution < -0.4 is 10.1 Å². The number of hydrogen-bond acceptors (Lipinski definition) is 8. The summed E-state index contributed by atoms with van der Waals surface area (Å²) in [4.78, 5) is 35.8. The van der Waals surface area contributed by atoms with Gasteiger partial charge in [-0.1, -0.05) is 18.2 Å². The van der Waals surface area contributed by atoms with Gasteiger partial charge < -0.3 is 19.4 Å². The minimum atomic E-state index is -0.287. The average Bonchev–Trinajstić information content (AvgIpc) is 3.58. The summed E-state index contributed by atoms with van der Waals surface area (Å²) in [7, 11) is 3.12. The first-order valence-corrected chi connectivity index (χ1v) is 12.6. The number of fused-ring (bicyclic) bond motifs is 2. The van der Waals surface area contributed by atoms with Gasteiger partial charge >= 0.3 is 0 Å². The van der Waals surface area contributed by atoms with E-state index in [4.69, 9.17) is 24.4 Å². The molecule has 5 heterocycles. The fraction of sp³-hybridized carbons (Fsp3) is 0.172. The molecule has 11 nitrogen and oxygen atoms in total. The summed E-state index contributed by atoms with van der Waals surface area (Å²) < 4.78 is 14.2. The Morgan fingerprint density at radius 3 is 2.60 bits per heavy atom. The lowest BCUT2D eigenvalue weighted by Gasteiger charge is -2.11. The van der Waals surface area contributed by atoms with Crippen molar-refractivity contribution in [2.75, 3.05) is 26.1 Å². The molecule has 6 aromatic rings. The average molecular weight is 535 g/mol. The van der Waals surface area contributed by atoms with E-state index in [0.29, 0.717) is 40.9 Å². The van der Waals surface area contributed by atoms with Crippen molar-refractivity contribution in [2.45, 2.75) is 13.5 Å². The predicted octanol–water partition coefficient (Wildman–Crippen LogP) is 4.18. The van der Waals surface area contributed by atoms with Crippen LogP contribution in [0.4, 0.5) is 5.82 Å². The number of benzene rings is 1. The molecule has 0 atom stereocenters. The van der Waals surface area contributed by atoms with Crippen molar-refractivity contribution < 1.29 is 14.3 Å². The van der Waals surface area contributed by atoms with E-state index in [1.54, 1.807) is 19.6 Å². The minimum Gasteiger partial charge on any atom is -0.497 e. The zero-order chi connectivity index (χ0) is 27.6. The fourth-order valence-electron chi connectivity index (χ4n) is 4.57. The first-order chi connectivity index (χ1) is 19.5. The smallest absolute Gasteiger partial charge is 0.251 e. The Labute approximate surface area is 229 Å². The van der Waals surface area contributed by atoms with Gasteiger partial charge in [0.2, 0.25) is 0 Å². The molecule has 5 aromatic heterocycles. The van der Waals surface area contributed by atoms with Crippen LogP contribution in [-0.4, -0.2) is 60.8 Å². The van der Waals surface area contributed by atoms with Gasteiger partial charge in [-0.3, -0.25) is 9.36 Å². The lowest BCUT2D eigenvalue weighted by Crippen LogP contribution is -2.18. The largest absolute Gasteiger partial charge is 0.497 e. The van der Waals surface area contributed by atoms with Gasteiger partial charge in [0.1, 0.15) is 23.9 Å². The van der Waals surface area contributed by atoms with E-state index in [1.165, 1.54) is 7.11 Å². The third-order valence-corrected chi connectivity index (χ3v) is 6.45. The zero-order valence-electron chi connectivity index (χ0n) is 22.2. The van der Waals surface area contributed by atoms with E-state index in [0.717, 1.165) is 27.9 Å². The third-order valence-electron chi connectivity index (χ3n) is 6.45. The molecule has 11 heteroatoms. The van der Waals surface area contributed by atoms with E-state index in [9.17, 15) is 4.79 Å². The molecule has 6 rings (SSSR count). The molecule has 200 valence electrons. The van der Waals surface area contributed by atoms with E-state index in [2.05, 4.69) is 15.3 Å². The maximum atomic E-state index is 12.2. The molecule has 1 amide bonds. The van der Waals surface area contributed by atoms with E-state index >= 15 is 0 Å². The summed E-state index contributed by atoms with van der Waals surface area (Å²) in [6.07, 6.45) is 5.30. The first-order valence-electron chi connectivity index (χ1n) is 12.6. The monoisotopic (exact) mass is 534 g/mol. The van der Waals surface area contributed by atoms with Crippen molar-refractivity contribution in [2.24, 2.45) is 0 Å². The Bertz CT molecular complexity index is 1840. The van der Waals surface area contributed by atoms with Crippen LogP contribution >= 0.6 is 0 Å². The summed E-state index contributed by atoms with van der Waals surface area (Å²) in [5.74, 6) is 2.02. The van der Waals surface area contributed by atoms with Crippen LogP contribution in [0.15, 0.2) is 73.3 Å². The van der Waals surface area contributed by atoms with Gasteiger partial charge in [0.15, 0.2) is 22.8 Å². The number of methoxy groups -OCH3 is 2. The molecular formula is C29H26N8O3. The highest BCUT2D eigenvalue weighted by molar-refractivity contribution is 6.01. The second kappa shape index (κ2) is 10.5. The molecule has 1 N–H and O–H groups in total. The molecule has 0 aliphatic heterocycles. The van der Waals surface area contributed by atoms with Crippen molar-refractivity contribution in [3.05, 3.63) is 84.6 Å². The number of carbonyl (C=O) groups is 1. The number of amides is 1. The number of ether oxygens (including phenoxy) is 2. The van der Waals surface area contributed by atoms with Crippen molar-refractivity contribution in [1.82, 2.24) is 34.1 Å². The zero-order valence-corrected chi connectivity index (χ0v) is 22.2. The molecule has 0 bridgehead atoms. The lowest BCUT2D eigenvalue weighted by molar-refractivity contribution is -0.119. The number of aryl methyl sites for hydroxylation is 1. The van der Waals surface area contributed by atoms with Gasteiger partial charge in [-0.05, 0) is 48.9 Å². The Morgan fingerprint density at radius 2 is 1.82 bits per heavy atom. The standard InChI is InChI=1S/C29H26N8O3/c1-18-5-4-6-22(32-18)27-34-28-25(31-17-36(28)15-19-7-9-20(40-3)10-8-19)29(35-27)37-14-12-21-23(37)11-13-30-26(21)33-24(38)16-39-2/h4-14,17H,15-16H2,1-3H3,(H,30,33,38). The SMILES string of the molecule is COCC(=O)Nc1nccc2c1ccn2-c1nc(-c2cccc(C)n2)nc2c1ncn2Cc1ccc(OC)cc1. The number of pyridine rings is 2. The number of imidazole rings is 1. The van der Waals surface area contributed by atoms with Crippen LogP contribution in [0.2, 0.25) is 0 Å². The summed E-state index contributed by atoms with van der Waals surface area (Å²) in [5.41, 5.74) is 4.70. The summed E-state index contributed by atoms with van der Waals surface area (Å²) >= 11 is 0. The van der Waals surface area contributed by atoms with Gasteiger partial charge in [0, 0.05) is 30.6 Å². The maximum absolute atomic E-state index is 12.2. The highest BCUT2D eigenvalue weighted by Crippen LogP contribution is 2.29. The third kappa shape index (κ3) is 4.74. The van der Waals surface area contributed by atoms with Gasteiger partial charge in [0.25, 0.3) is 5.91 Å². The molecule has 40 heavy (non-hydrogen) atoms. The van der Waals surface area contributed by atoms with Crippen LogP contribution in [0.5, 0.6) is 5.75 Å². The Balaban J connectivity index is 1.51. The first kappa shape index (κ1) is 25.1. The molecule has 0 unspecified atom stereocenters. The second-order valence-corrected chi connectivity index (χ2v) is 9.19. The predicted molar refractivity (Wildman–Crippen MR) is 151 cm³/mol. The molecule has 0 fully saturated rings. The number of hydrogen-bond donors (Lipinski definition) is 1. The molecule has 0 aliphatic carbocycles. The number of nitrogens with zero attached hydrogens (tertiary/aromatic N) is 7. The number of rotatable bonds is 8. The summed E-state index contributed by atoms with van der Waals surface area (Å²) in [5, 5.41) is 3.57. The Hall–Kier alpha value is -5.16. The molecule has 0 radical (unpaired) electrons. The second-order valence-electron chi connectivity index (χ2n) is 9.19. The molecule has 0 aliphatic rings. The van der Waals surface area contributed by atoms with E-state index in [1.807, 2.05) is 76.9 Å². The molecule has 0 spiro atoms. The van der Waals surface area contributed by atoms with Crippen LogP contribution in [0.25, 0.3) is 39.4 Å². The maximum Gasteiger partial charge on any atom is 0.251 e. The van der Waals surface area contributed by atoms with Crippen molar-refractivity contribution in [3.8, 4) is 23.1 Å². The highest BCUT2D eigenvalue weighted by atomic mass is 16.5. The van der Waals surface area contributed by atoms with Gasteiger partial charge in [0.05, 0.1) is 25.5 Å². The van der Waals surface area contributed by atoms with Gasteiger partial charge in [-0.25, -0.2) is 24.9 Å². The van der Waals surface area contributed by atoms with Crippen molar-refractivity contribution in [3.63, 3.8) is 0 Å². The van der Waals surface area contributed by atoms with E-state index in [-0.39, 0.29) is 12.5 Å². The number of carbonyl (C=O) groups excluding carboxylic acids is 1. The summed E-state index contributed by atoms with van der Waals surface area (Å²) in [6, 6.07) is 17.4. The highest BCUT2D eigenvalue weighted by Gasteiger charge is 2.19. The normalized spacial score (nSPS) is 11.3. The topological polar surface area (TPSA) is 122 Å². The number of anilines is 1. The van der Waals surface area contributed by atoms with Crippen LogP contribution in [0, 0.1) is 6.92 Å². The van der Waals surface area contributed by atoms with Crippen molar-refractivity contribution >= 4 is 33.8 Å². The molecular weight excluding hydrogens is 508 g/mol.